The Kier molecular flexibility index (Phi) is 18.3. The van der Waals surface area contributed by atoms with Gasteiger partial charge in [-0.1, -0.05) is 54.9 Å². The maximum Gasteiger partial charge on any atom is 0.245 e. The first kappa shape index (κ1) is 41.7. The van der Waals surface area contributed by atoms with Gasteiger partial charge in [0.15, 0.2) is 0 Å². The van der Waals surface area contributed by atoms with Gasteiger partial charge in [0.25, 0.3) is 0 Å². The van der Waals surface area contributed by atoms with Crippen LogP contribution in [0.3, 0.4) is 0 Å². The van der Waals surface area contributed by atoms with E-state index in [1.54, 1.807) is 33.2 Å². The van der Waals surface area contributed by atoms with Gasteiger partial charge < -0.3 is 40.1 Å². The average Bonchev–Trinajstić information content (AvgIpc) is 3.48. The molecule has 3 N–H and O–H groups in total. The number of amides is 4. The number of rotatable bonds is 20. The first-order valence-electron chi connectivity index (χ1n) is 17.1. The molecule has 46 heavy (non-hydrogen) atoms. The van der Waals surface area contributed by atoms with Crippen molar-refractivity contribution >= 4 is 23.6 Å². The molecule has 0 radical (unpaired) electrons. The van der Waals surface area contributed by atoms with Crippen molar-refractivity contribution in [2.45, 2.75) is 111 Å². The van der Waals surface area contributed by atoms with Gasteiger partial charge in [-0.2, -0.15) is 0 Å². The van der Waals surface area contributed by atoms with Crippen LogP contribution in [-0.4, -0.2) is 137 Å². The number of methoxy groups -OCH3 is 2. The average molecular weight is 655 g/mol. The van der Waals surface area contributed by atoms with Crippen LogP contribution in [0.1, 0.15) is 74.1 Å². The van der Waals surface area contributed by atoms with E-state index in [0.717, 1.165) is 25.8 Å². The maximum absolute atomic E-state index is 14.0. The number of nitrogens with one attached hydrogen (secondary N) is 3. The summed E-state index contributed by atoms with van der Waals surface area (Å²) in [6.07, 6.45) is 1.37. The van der Waals surface area contributed by atoms with E-state index in [9.17, 15) is 19.2 Å². The summed E-state index contributed by atoms with van der Waals surface area (Å²) in [5, 5.41) is 9.02. The van der Waals surface area contributed by atoms with Gasteiger partial charge in [0.2, 0.25) is 23.6 Å². The Bertz CT molecular complexity index is 962. The van der Waals surface area contributed by atoms with Crippen molar-refractivity contribution in [3.63, 3.8) is 0 Å². The first-order valence-corrected chi connectivity index (χ1v) is 17.1. The fourth-order valence-corrected chi connectivity index (χ4v) is 6.61. The Hall–Kier alpha value is -2.28. The highest BCUT2D eigenvalue weighted by atomic mass is 16.5. The van der Waals surface area contributed by atoms with Gasteiger partial charge in [-0.25, -0.2) is 0 Å². The molecule has 1 aliphatic heterocycles. The topological polar surface area (TPSA) is 133 Å². The minimum atomic E-state index is -0.734. The first-order chi connectivity index (χ1) is 21.6. The van der Waals surface area contributed by atoms with E-state index in [4.69, 9.17) is 9.47 Å². The Morgan fingerprint density at radius 3 is 2.00 bits per heavy atom. The lowest BCUT2D eigenvalue weighted by Crippen LogP contribution is -2.59. The van der Waals surface area contributed by atoms with E-state index in [1.165, 1.54) is 0 Å². The predicted octanol–water partition coefficient (Wildman–Crippen LogP) is 1.97. The molecule has 3 unspecified atom stereocenters. The molecule has 0 saturated carbocycles. The van der Waals surface area contributed by atoms with Gasteiger partial charge in [0.1, 0.15) is 6.04 Å². The molecule has 12 nitrogen and oxygen atoms in total. The second kappa shape index (κ2) is 20.2. The van der Waals surface area contributed by atoms with Crippen LogP contribution < -0.4 is 16.0 Å². The van der Waals surface area contributed by atoms with Crippen molar-refractivity contribution in [1.82, 2.24) is 30.7 Å². The number of hydrogen-bond acceptors (Lipinski definition) is 8. The Labute approximate surface area is 279 Å². The summed E-state index contributed by atoms with van der Waals surface area (Å²) in [5.41, 5.74) is 0. The summed E-state index contributed by atoms with van der Waals surface area (Å²) in [6, 6.07) is -1.81. The van der Waals surface area contributed by atoms with Crippen molar-refractivity contribution in [3.05, 3.63) is 0 Å². The second-order valence-electron chi connectivity index (χ2n) is 13.9. The summed E-state index contributed by atoms with van der Waals surface area (Å²) < 4.78 is 11.8. The lowest BCUT2D eigenvalue weighted by Gasteiger charge is -2.41. The lowest BCUT2D eigenvalue weighted by atomic mass is 9.89. The van der Waals surface area contributed by atoms with E-state index in [-0.39, 0.29) is 53.8 Å². The lowest BCUT2D eigenvalue weighted by molar-refractivity contribution is -0.147. The summed E-state index contributed by atoms with van der Waals surface area (Å²) >= 11 is 0. The predicted molar refractivity (Wildman–Crippen MR) is 182 cm³/mol. The highest BCUT2D eigenvalue weighted by Crippen LogP contribution is 2.29. The molecule has 1 aliphatic rings. The molecule has 268 valence electrons. The molecule has 1 rings (SSSR count). The summed E-state index contributed by atoms with van der Waals surface area (Å²) in [6.45, 7) is 15.5. The molecule has 8 atom stereocenters. The fraction of sp³-hybridized carbons (Fsp3) is 0.882. The molecule has 4 amide bonds. The van der Waals surface area contributed by atoms with Crippen LogP contribution in [0.4, 0.5) is 0 Å². The van der Waals surface area contributed by atoms with Crippen molar-refractivity contribution in [1.29, 1.82) is 0 Å². The van der Waals surface area contributed by atoms with Crippen molar-refractivity contribution in [2.75, 3.05) is 62.0 Å². The van der Waals surface area contributed by atoms with Crippen LogP contribution in [0, 0.1) is 23.7 Å². The van der Waals surface area contributed by atoms with Gasteiger partial charge in [-0.15, -0.1) is 0 Å². The molecule has 0 aromatic heterocycles. The molecular formula is C34H66N6O6. The zero-order valence-corrected chi connectivity index (χ0v) is 31.0. The quantitative estimate of drug-likeness (QED) is 0.182. The normalized spacial score (nSPS) is 19.8. The maximum atomic E-state index is 14.0. The van der Waals surface area contributed by atoms with Gasteiger partial charge in [-0.05, 0) is 51.7 Å². The smallest absolute Gasteiger partial charge is 0.245 e. The molecule has 0 bridgehead atoms. The van der Waals surface area contributed by atoms with Crippen molar-refractivity contribution < 1.29 is 28.7 Å². The Balaban J connectivity index is 3.20. The molecule has 12 heteroatoms. The number of nitrogens with zero attached hydrogens (tertiary/aromatic N) is 3. The van der Waals surface area contributed by atoms with E-state index >= 15 is 0 Å². The summed E-state index contributed by atoms with van der Waals surface area (Å²) in [4.78, 5) is 59.6. The molecule has 0 aromatic carbocycles. The molecule has 0 aliphatic carbocycles. The van der Waals surface area contributed by atoms with E-state index in [0.29, 0.717) is 13.1 Å². The summed E-state index contributed by atoms with van der Waals surface area (Å²) in [5.74, 6) is -1.14. The minimum absolute atomic E-state index is 0.0166. The third-order valence-electron chi connectivity index (χ3n) is 9.61. The number of carbonyl (C=O) groups is 4. The van der Waals surface area contributed by atoms with Crippen LogP contribution in [0.25, 0.3) is 0 Å². The third kappa shape index (κ3) is 11.5. The SMILES string of the molecule is CC[C@H](C)[C@@H]([C@@H](CC(=O)N1CCCC1[C@H](OC)[C@@H](C)C(=O)NCCN(C)C)OC)N(C)C(=O)C(NC(=O)C(NC)C(C)C)C(C)C. The largest absolute Gasteiger partial charge is 0.379 e. The molecular weight excluding hydrogens is 588 g/mol. The van der Waals surface area contributed by atoms with Gasteiger partial charge in [0.05, 0.1) is 42.7 Å². The van der Waals surface area contributed by atoms with Gasteiger partial charge in [-0.3, -0.25) is 19.2 Å². The second-order valence-corrected chi connectivity index (χ2v) is 13.9. The van der Waals surface area contributed by atoms with Crippen LogP contribution in [-0.2, 0) is 28.7 Å². The van der Waals surface area contributed by atoms with Gasteiger partial charge >= 0.3 is 0 Å². The highest BCUT2D eigenvalue weighted by Gasteiger charge is 2.43. The third-order valence-corrected chi connectivity index (χ3v) is 9.61. The highest BCUT2D eigenvalue weighted by molar-refractivity contribution is 5.90. The molecule has 0 aromatic rings. The Morgan fingerprint density at radius 1 is 0.913 bits per heavy atom. The number of ether oxygens (including phenoxy) is 2. The zero-order valence-electron chi connectivity index (χ0n) is 31.0. The fourth-order valence-electron chi connectivity index (χ4n) is 6.61. The number of hydrogen-bond donors (Lipinski definition) is 3. The minimum Gasteiger partial charge on any atom is -0.379 e. The van der Waals surface area contributed by atoms with Crippen LogP contribution in [0.5, 0.6) is 0 Å². The number of likely N-dealkylation sites (tertiary alicyclic amines) is 1. The molecule has 1 saturated heterocycles. The summed E-state index contributed by atoms with van der Waals surface area (Å²) in [7, 11) is 10.6. The standard InChI is InChI=1S/C34H66N6O6/c1-14-23(6)30(39(11)34(44)29(22(4)5)37-33(43)28(35-8)21(2)3)26(45-12)20-27(41)40-18-15-16-25(40)31(46-13)24(7)32(42)36-17-19-38(9)10/h21-26,28-31,35H,14-20H2,1-13H3,(H,36,42)(H,37,43)/t23-,24+,25?,26+,28?,29?,30-,31+/m0/s1. The molecule has 1 heterocycles. The zero-order chi connectivity index (χ0) is 35.3. The molecule has 1 fully saturated rings. The molecule has 0 spiro atoms. The van der Waals surface area contributed by atoms with Crippen molar-refractivity contribution in [3.8, 4) is 0 Å². The van der Waals surface area contributed by atoms with E-state index in [1.807, 2.05) is 58.5 Å². The van der Waals surface area contributed by atoms with E-state index < -0.39 is 36.3 Å². The monoisotopic (exact) mass is 655 g/mol. The van der Waals surface area contributed by atoms with Crippen LogP contribution in [0.2, 0.25) is 0 Å². The van der Waals surface area contributed by atoms with Crippen LogP contribution in [0.15, 0.2) is 0 Å². The number of carbonyl (C=O) groups excluding carboxylic acids is 4. The van der Waals surface area contributed by atoms with E-state index in [2.05, 4.69) is 29.8 Å². The number of likely N-dealkylation sites (N-methyl/N-ethyl adjacent to an activating group) is 3. The van der Waals surface area contributed by atoms with Crippen molar-refractivity contribution in [2.24, 2.45) is 23.7 Å². The van der Waals surface area contributed by atoms with Crippen LogP contribution >= 0.6 is 0 Å². The van der Waals surface area contributed by atoms with Gasteiger partial charge in [0, 0.05) is 40.9 Å². The Morgan fingerprint density at radius 2 is 1.52 bits per heavy atom.